The highest BCUT2D eigenvalue weighted by Gasteiger charge is 2.51. The third kappa shape index (κ3) is 8.12. The second-order valence-electron chi connectivity index (χ2n) is 21.4. The van der Waals surface area contributed by atoms with E-state index < -0.39 is 60.9 Å². The van der Waals surface area contributed by atoms with Crippen LogP contribution in [0.4, 0.5) is 32.8 Å². The number of halogens is 1. The number of fused-ring (bicyclic) bond motifs is 4. The number of piperidine rings is 1. The van der Waals surface area contributed by atoms with Crippen LogP contribution in [0.2, 0.25) is 0 Å². The Hall–Kier alpha value is -6.02. The highest BCUT2D eigenvalue weighted by Crippen LogP contribution is 2.55. The molecule has 2 saturated carbocycles. The predicted molar refractivity (Wildman–Crippen MR) is 264 cm³/mol. The van der Waals surface area contributed by atoms with Crippen molar-refractivity contribution in [3.05, 3.63) is 99.7 Å². The number of amides is 1. The number of carbonyl (C=O) groups is 1. The fourth-order valence-corrected chi connectivity index (χ4v) is 13.8. The van der Waals surface area contributed by atoms with E-state index >= 15 is 4.39 Å². The zero-order chi connectivity index (χ0) is 49.0. The molecule has 7 aliphatic rings. The van der Waals surface area contributed by atoms with Gasteiger partial charge >= 0.3 is 0 Å². The molecular weight excluding hydrogens is 932 g/mol. The normalized spacial score (nSPS) is 28.3. The Morgan fingerprint density at radius 3 is 2.54 bits per heavy atom. The summed E-state index contributed by atoms with van der Waals surface area (Å²) in [4.78, 5) is 40.9. The SMILES string of the molecule is Cc1ccccc1[C@@H]1CCCN1C1CC2(CCN(c3ccc(C(=O)NS(=O)(=O)c4cc5c(c([N+](=O)[O-])c4)N[C@@H](C4(F)CCC(C)(O)CC4)CO5)c(N4c5cc6cc[nH]c6nc5O[C@@H]5COC[C@H]54)c3)CC2)C1. The molecule has 0 bridgehead atoms. The summed E-state index contributed by atoms with van der Waals surface area (Å²) in [6.45, 7) is 6.94. The lowest BCUT2D eigenvalue weighted by atomic mass is 9.59. The van der Waals surface area contributed by atoms with E-state index in [0.29, 0.717) is 35.0 Å². The molecule has 17 nitrogen and oxygen atoms in total. The van der Waals surface area contributed by atoms with E-state index in [1.807, 2.05) is 29.2 Å². The minimum absolute atomic E-state index is 0.0111. The molecule has 4 N–H and O–H groups in total. The number of likely N-dealkylation sites (tertiary alicyclic amines) is 1. The van der Waals surface area contributed by atoms with Gasteiger partial charge < -0.3 is 39.4 Å². The minimum atomic E-state index is -4.79. The summed E-state index contributed by atoms with van der Waals surface area (Å²) in [5.41, 5.74) is 1.98. The summed E-state index contributed by atoms with van der Waals surface area (Å²) in [6, 6.07) is 19.7. The highest BCUT2D eigenvalue weighted by molar-refractivity contribution is 7.90. The lowest BCUT2D eigenvalue weighted by molar-refractivity contribution is -0.384. The maximum Gasteiger partial charge on any atom is 0.297 e. The number of nitrogens with one attached hydrogen (secondary N) is 3. The minimum Gasteiger partial charge on any atom is -0.489 e. The second-order valence-corrected chi connectivity index (χ2v) is 23.1. The molecular formula is C52H59FN8O9S. The average molecular weight is 991 g/mol. The number of aromatic nitrogens is 2. The quantitative estimate of drug-likeness (QED) is 0.0817. The van der Waals surface area contributed by atoms with Gasteiger partial charge in [-0.2, -0.15) is 4.98 Å². The summed E-state index contributed by atoms with van der Waals surface area (Å²) in [6.07, 6.45) is 8.58. The largest absolute Gasteiger partial charge is 0.489 e. The number of carbonyl (C=O) groups excluding carboxylic acids is 1. The first-order valence-corrected chi connectivity index (χ1v) is 26.5. The maximum absolute atomic E-state index is 16.3. The Kier molecular flexibility index (Phi) is 11.1. The van der Waals surface area contributed by atoms with Crippen molar-refractivity contribution in [1.29, 1.82) is 0 Å². The molecule has 3 aromatic carbocycles. The molecule has 71 heavy (non-hydrogen) atoms. The molecule has 4 atom stereocenters. The van der Waals surface area contributed by atoms with Crippen LogP contribution >= 0.6 is 0 Å². The Morgan fingerprint density at radius 1 is 0.972 bits per heavy atom. The number of H-pyrrole nitrogens is 1. The molecule has 19 heteroatoms. The van der Waals surface area contributed by atoms with Gasteiger partial charge in [0.25, 0.3) is 21.6 Å². The van der Waals surface area contributed by atoms with E-state index in [4.69, 9.17) is 19.2 Å². The molecule has 5 aromatic rings. The van der Waals surface area contributed by atoms with Crippen LogP contribution < -0.4 is 29.3 Å². The van der Waals surface area contributed by atoms with Crippen LogP contribution in [0.15, 0.2) is 77.8 Å². The monoisotopic (exact) mass is 990 g/mol. The van der Waals surface area contributed by atoms with Crippen molar-refractivity contribution in [1.82, 2.24) is 19.6 Å². The highest BCUT2D eigenvalue weighted by atomic mass is 32.2. The second kappa shape index (κ2) is 17.1. The summed E-state index contributed by atoms with van der Waals surface area (Å²) < 4.78 is 65.4. The van der Waals surface area contributed by atoms with Gasteiger partial charge in [-0.05, 0) is 131 Å². The Morgan fingerprint density at radius 2 is 1.76 bits per heavy atom. The van der Waals surface area contributed by atoms with Crippen molar-refractivity contribution in [2.75, 3.05) is 54.6 Å². The zero-order valence-corrected chi connectivity index (χ0v) is 40.7. The number of nitro groups is 1. The van der Waals surface area contributed by atoms with Crippen molar-refractivity contribution in [3.8, 4) is 11.6 Å². The number of nitrogens with zero attached hydrogens (tertiary/aromatic N) is 5. The fraction of sp³-hybridized carbons (Fsp3) is 0.500. The van der Waals surface area contributed by atoms with E-state index in [0.717, 1.165) is 55.7 Å². The molecule has 0 unspecified atom stereocenters. The molecule has 374 valence electrons. The van der Waals surface area contributed by atoms with Gasteiger partial charge in [0, 0.05) is 54.6 Å². The van der Waals surface area contributed by atoms with Crippen LogP contribution in [0.1, 0.15) is 98.7 Å². The number of aromatic amines is 1. The summed E-state index contributed by atoms with van der Waals surface area (Å²) in [5.74, 6) is -0.782. The number of anilines is 4. The van der Waals surface area contributed by atoms with Crippen LogP contribution in [-0.4, -0.2) is 114 Å². The van der Waals surface area contributed by atoms with Crippen LogP contribution in [0, 0.1) is 22.5 Å². The predicted octanol–water partition coefficient (Wildman–Crippen LogP) is 7.99. The first-order valence-electron chi connectivity index (χ1n) is 25.0. The van der Waals surface area contributed by atoms with E-state index in [9.17, 15) is 28.4 Å². The number of benzene rings is 3. The molecule has 12 rings (SSSR count). The number of hydrogen-bond acceptors (Lipinski definition) is 14. The topological polar surface area (TPSA) is 205 Å². The number of hydrogen-bond donors (Lipinski definition) is 4. The maximum atomic E-state index is 16.3. The van der Waals surface area contributed by atoms with Crippen molar-refractivity contribution in [3.63, 3.8) is 0 Å². The van der Waals surface area contributed by atoms with Gasteiger partial charge in [0.1, 0.15) is 29.7 Å². The Bertz CT molecular complexity index is 3050. The van der Waals surface area contributed by atoms with Gasteiger partial charge in [-0.25, -0.2) is 17.5 Å². The standard InChI is InChI=1S/C52H59FN8O9S/c1-31-6-3-4-7-36(31)38-8-5-19-59(38)34-26-51(27-34)16-20-58(21-17-51)33-9-10-37(39(23-33)60-41-22-32-11-18-54-47(32)56-49(41)70-44-29-68-28-42(44)60)48(62)57-71(66,67)35-24-40(61(64)65)46-43(25-35)69-30-45(55-46)52(53)14-12-50(2,63)13-15-52/h3-4,6-7,9-11,18,22-25,34,38,42,44-45,55,63H,5,8,12-17,19-21,26-30H2,1-2H3,(H,54,56)(H,57,62)/t38-,42+,44+,45+,50?,52?/m0/s1. The third-order valence-electron chi connectivity index (χ3n) is 17.0. The molecule has 5 fully saturated rings. The van der Waals surface area contributed by atoms with Gasteiger partial charge in [-0.15, -0.1) is 0 Å². The number of pyridine rings is 1. The molecule has 1 amide bonds. The van der Waals surface area contributed by atoms with Gasteiger partial charge in [-0.1, -0.05) is 24.3 Å². The van der Waals surface area contributed by atoms with Crippen LogP contribution in [0.5, 0.6) is 11.6 Å². The molecule has 2 aromatic heterocycles. The number of alkyl halides is 1. The van der Waals surface area contributed by atoms with E-state index in [-0.39, 0.29) is 67.9 Å². The summed E-state index contributed by atoms with van der Waals surface area (Å²) in [5, 5.41) is 26.7. The molecule has 0 radical (unpaired) electrons. The fourth-order valence-electron chi connectivity index (χ4n) is 12.8. The number of nitro benzene ring substituents is 1. The first kappa shape index (κ1) is 46.1. The number of ether oxygens (including phenoxy) is 3. The van der Waals surface area contributed by atoms with E-state index in [2.05, 4.69) is 56.0 Å². The van der Waals surface area contributed by atoms with Crippen LogP contribution in [0.25, 0.3) is 11.0 Å². The van der Waals surface area contributed by atoms with Crippen LogP contribution in [0.3, 0.4) is 0 Å². The van der Waals surface area contributed by atoms with E-state index in [1.54, 1.807) is 19.2 Å². The molecule has 5 aliphatic heterocycles. The van der Waals surface area contributed by atoms with Crippen molar-refractivity contribution < 1.29 is 41.8 Å². The number of aliphatic hydroxyl groups is 1. The molecule has 2 aliphatic carbocycles. The lowest BCUT2D eigenvalue weighted by Gasteiger charge is -2.56. The number of rotatable bonds is 9. The smallest absolute Gasteiger partial charge is 0.297 e. The number of sulfonamides is 1. The summed E-state index contributed by atoms with van der Waals surface area (Å²) in [7, 11) is -4.79. The van der Waals surface area contributed by atoms with Crippen molar-refractivity contribution in [2.45, 2.75) is 124 Å². The van der Waals surface area contributed by atoms with Crippen molar-refractivity contribution in [2.24, 2.45) is 5.41 Å². The van der Waals surface area contributed by atoms with Gasteiger partial charge in [0.15, 0.2) is 11.4 Å². The van der Waals surface area contributed by atoms with Gasteiger partial charge in [-0.3, -0.25) is 19.8 Å². The molecule has 7 heterocycles. The van der Waals surface area contributed by atoms with Crippen molar-refractivity contribution >= 4 is 55.4 Å². The van der Waals surface area contributed by atoms with E-state index in [1.165, 1.54) is 36.8 Å². The van der Waals surface area contributed by atoms with Gasteiger partial charge in [0.05, 0.1) is 52.0 Å². The number of aryl methyl sites for hydroxylation is 1. The zero-order valence-electron chi connectivity index (χ0n) is 39.9. The molecule has 1 spiro atoms. The lowest BCUT2D eigenvalue weighted by Crippen LogP contribution is -2.55. The Labute approximate surface area is 411 Å². The summed E-state index contributed by atoms with van der Waals surface area (Å²) >= 11 is 0. The molecule has 3 saturated heterocycles. The average Bonchev–Trinajstić information content (AvgIpc) is 4.14. The first-order chi connectivity index (χ1) is 34.1. The Balaban J connectivity index is 0.832. The van der Waals surface area contributed by atoms with Gasteiger partial charge in [0.2, 0.25) is 5.88 Å². The van der Waals surface area contributed by atoms with Crippen LogP contribution in [-0.2, 0) is 14.8 Å². The third-order valence-corrected chi connectivity index (χ3v) is 18.3.